The third-order valence-electron chi connectivity index (χ3n) is 5.90. The molecule has 0 saturated heterocycles. The molecule has 2 atom stereocenters. The van der Waals surface area contributed by atoms with Crippen LogP contribution in [0.4, 0.5) is 0 Å². The molecule has 0 bridgehead atoms. The van der Waals surface area contributed by atoms with Crippen molar-refractivity contribution in [3.05, 3.63) is 77.1 Å². The molecule has 1 fully saturated rings. The van der Waals surface area contributed by atoms with E-state index < -0.39 is 0 Å². The number of hydrogen-bond acceptors (Lipinski definition) is 7. The van der Waals surface area contributed by atoms with Crippen LogP contribution in [0.5, 0.6) is 0 Å². The monoisotopic (exact) mass is 429 g/mol. The average molecular weight is 430 g/mol. The second kappa shape index (κ2) is 10.3. The molecule has 4 rings (SSSR count). The number of carbonyl (C=O) groups excluding carboxylic acids is 2. The number of rotatable bonds is 8. The van der Waals surface area contributed by atoms with E-state index in [-0.39, 0.29) is 18.0 Å². The van der Waals surface area contributed by atoms with Crippen LogP contribution >= 0.6 is 0 Å². The SMILES string of the molecule is CC(=O)Cc1ccc([C@H]2CCC[C@H](c3ccc(CC(=O)Cc4ccccn4)nn3)C2)nn1. The Morgan fingerprint density at radius 2 is 1.41 bits per heavy atom. The minimum Gasteiger partial charge on any atom is -0.300 e. The van der Waals surface area contributed by atoms with Crippen LogP contribution in [0.2, 0.25) is 0 Å². The minimum atomic E-state index is 0.0790. The third-order valence-corrected chi connectivity index (χ3v) is 5.90. The third kappa shape index (κ3) is 5.87. The lowest BCUT2D eigenvalue weighted by Gasteiger charge is -2.28. The zero-order valence-corrected chi connectivity index (χ0v) is 18.3. The number of carbonyl (C=O) groups is 2. The van der Waals surface area contributed by atoms with Crippen LogP contribution in [0.25, 0.3) is 0 Å². The molecule has 0 spiro atoms. The Labute approximate surface area is 187 Å². The van der Waals surface area contributed by atoms with Crippen molar-refractivity contribution in [1.29, 1.82) is 0 Å². The summed E-state index contributed by atoms with van der Waals surface area (Å²) in [6, 6.07) is 13.4. The number of pyridine rings is 1. The fourth-order valence-corrected chi connectivity index (χ4v) is 4.32. The molecular formula is C25H27N5O2. The second-order valence-electron chi connectivity index (χ2n) is 8.55. The van der Waals surface area contributed by atoms with Gasteiger partial charge in [-0.25, -0.2) is 0 Å². The maximum atomic E-state index is 12.3. The quantitative estimate of drug-likeness (QED) is 0.539. The first-order chi connectivity index (χ1) is 15.6. The van der Waals surface area contributed by atoms with Gasteiger partial charge in [-0.3, -0.25) is 14.6 Å². The molecule has 32 heavy (non-hydrogen) atoms. The zero-order chi connectivity index (χ0) is 22.3. The summed E-state index contributed by atoms with van der Waals surface area (Å²) in [4.78, 5) is 27.8. The summed E-state index contributed by atoms with van der Waals surface area (Å²) in [6.07, 6.45) is 6.78. The smallest absolute Gasteiger partial charge is 0.144 e. The van der Waals surface area contributed by atoms with Gasteiger partial charge < -0.3 is 0 Å². The van der Waals surface area contributed by atoms with E-state index in [1.165, 1.54) is 0 Å². The van der Waals surface area contributed by atoms with Crippen LogP contribution in [-0.4, -0.2) is 36.9 Å². The molecule has 0 aliphatic heterocycles. The second-order valence-corrected chi connectivity index (χ2v) is 8.55. The van der Waals surface area contributed by atoms with Crippen molar-refractivity contribution >= 4 is 11.6 Å². The lowest BCUT2D eigenvalue weighted by molar-refractivity contribution is -0.118. The van der Waals surface area contributed by atoms with Gasteiger partial charge in [-0.05, 0) is 62.6 Å². The number of ketones is 2. The first kappa shape index (κ1) is 21.9. The summed E-state index contributed by atoms with van der Waals surface area (Å²) >= 11 is 0. The van der Waals surface area contributed by atoms with E-state index in [2.05, 4.69) is 25.4 Å². The summed E-state index contributed by atoms with van der Waals surface area (Å²) < 4.78 is 0. The normalized spacial score (nSPS) is 18.3. The van der Waals surface area contributed by atoms with Gasteiger partial charge in [0.25, 0.3) is 0 Å². The van der Waals surface area contributed by atoms with E-state index >= 15 is 0 Å². The van der Waals surface area contributed by atoms with Gasteiger partial charge in [0.05, 0.1) is 35.6 Å². The van der Waals surface area contributed by atoms with Crippen molar-refractivity contribution in [3.63, 3.8) is 0 Å². The molecule has 3 aromatic rings. The lowest BCUT2D eigenvalue weighted by Crippen LogP contribution is -2.16. The Hall–Kier alpha value is -3.35. The molecule has 0 radical (unpaired) electrons. The maximum Gasteiger partial charge on any atom is 0.144 e. The highest BCUT2D eigenvalue weighted by molar-refractivity contribution is 5.82. The van der Waals surface area contributed by atoms with Gasteiger partial charge in [-0.2, -0.15) is 20.4 Å². The summed E-state index contributed by atoms with van der Waals surface area (Å²) in [7, 11) is 0. The molecule has 164 valence electrons. The molecular weight excluding hydrogens is 402 g/mol. The van der Waals surface area contributed by atoms with Crippen molar-refractivity contribution in [2.75, 3.05) is 0 Å². The minimum absolute atomic E-state index is 0.0790. The molecule has 7 nitrogen and oxygen atoms in total. The highest BCUT2D eigenvalue weighted by Gasteiger charge is 2.26. The predicted octanol–water partition coefficient (Wildman–Crippen LogP) is 3.59. The van der Waals surface area contributed by atoms with E-state index in [9.17, 15) is 9.59 Å². The Morgan fingerprint density at radius 1 is 0.781 bits per heavy atom. The van der Waals surface area contributed by atoms with Gasteiger partial charge in [-0.1, -0.05) is 12.5 Å². The van der Waals surface area contributed by atoms with Crippen LogP contribution in [0.15, 0.2) is 48.7 Å². The van der Waals surface area contributed by atoms with E-state index in [0.717, 1.165) is 42.8 Å². The molecule has 1 aliphatic rings. The van der Waals surface area contributed by atoms with Crippen molar-refractivity contribution in [3.8, 4) is 0 Å². The number of nitrogens with zero attached hydrogens (tertiary/aromatic N) is 5. The molecule has 3 aromatic heterocycles. The van der Waals surface area contributed by atoms with Crippen LogP contribution in [0.3, 0.4) is 0 Å². The van der Waals surface area contributed by atoms with Crippen LogP contribution in [0, 0.1) is 0 Å². The van der Waals surface area contributed by atoms with Crippen LogP contribution < -0.4 is 0 Å². The fourth-order valence-electron chi connectivity index (χ4n) is 4.32. The molecule has 1 saturated carbocycles. The Bertz CT molecular complexity index is 1050. The Balaban J connectivity index is 1.35. The molecule has 0 unspecified atom stereocenters. The standard InChI is InChI=1S/C25H27N5O2/c1-17(31)13-21-8-10-24(29-27-21)18-5-4-6-19(14-18)25-11-9-22(28-30-25)16-23(32)15-20-7-2-3-12-26-20/h2-3,7-12,18-19H,4-6,13-16H2,1H3/t18-,19-/m0/s1. The molecule has 0 N–H and O–H groups in total. The predicted molar refractivity (Wildman–Crippen MR) is 119 cm³/mol. The highest BCUT2D eigenvalue weighted by Crippen LogP contribution is 2.39. The van der Waals surface area contributed by atoms with Gasteiger partial charge in [0, 0.05) is 30.1 Å². The summed E-state index contributed by atoms with van der Waals surface area (Å²) in [5, 5.41) is 17.4. The molecule has 0 amide bonds. The average Bonchev–Trinajstić information content (AvgIpc) is 2.80. The molecule has 7 heteroatoms. The van der Waals surface area contributed by atoms with Crippen LogP contribution in [-0.2, 0) is 28.9 Å². The molecule has 0 aromatic carbocycles. The van der Waals surface area contributed by atoms with E-state index in [1.807, 2.05) is 42.5 Å². The summed E-state index contributed by atoms with van der Waals surface area (Å²) in [6.45, 7) is 1.56. The number of Topliss-reactive ketones (excluding diaryl/α,β-unsaturated/α-hetero) is 2. The van der Waals surface area contributed by atoms with Crippen molar-refractivity contribution in [2.24, 2.45) is 0 Å². The lowest BCUT2D eigenvalue weighted by atomic mass is 9.78. The molecule has 1 aliphatic carbocycles. The van der Waals surface area contributed by atoms with Crippen molar-refractivity contribution < 1.29 is 9.59 Å². The first-order valence-electron chi connectivity index (χ1n) is 11.1. The van der Waals surface area contributed by atoms with E-state index in [4.69, 9.17) is 0 Å². The van der Waals surface area contributed by atoms with E-state index in [1.54, 1.807) is 13.1 Å². The summed E-state index contributed by atoms with van der Waals surface area (Å²) in [5.41, 5.74) is 4.12. The maximum absolute atomic E-state index is 12.3. The van der Waals surface area contributed by atoms with E-state index in [0.29, 0.717) is 36.1 Å². The first-order valence-corrected chi connectivity index (χ1v) is 11.1. The van der Waals surface area contributed by atoms with Gasteiger partial charge in [0.2, 0.25) is 0 Å². The summed E-state index contributed by atoms with van der Waals surface area (Å²) in [5.74, 6) is 0.813. The van der Waals surface area contributed by atoms with Gasteiger partial charge in [0.1, 0.15) is 11.6 Å². The van der Waals surface area contributed by atoms with Gasteiger partial charge in [-0.15, -0.1) is 0 Å². The number of aromatic nitrogens is 5. The zero-order valence-electron chi connectivity index (χ0n) is 18.3. The largest absolute Gasteiger partial charge is 0.300 e. The van der Waals surface area contributed by atoms with Crippen molar-refractivity contribution in [1.82, 2.24) is 25.4 Å². The Morgan fingerprint density at radius 3 is 1.94 bits per heavy atom. The number of hydrogen-bond donors (Lipinski definition) is 0. The topological polar surface area (TPSA) is 98.6 Å². The van der Waals surface area contributed by atoms with Crippen molar-refractivity contribution in [2.45, 2.75) is 63.7 Å². The molecule has 3 heterocycles. The highest BCUT2D eigenvalue weighted by atomic mass is 16.1. The van der Waals surface area contributed by atoms with Gasteiger partial charge in [0.15, 0.2) is 0 Å². The van der Waals surface area contributed by atoms with Gasteiger partial charge >= 0.3 is 0 Å². The fraction of sp³-hybridized carbons (Fsp3) is 0.400. The van der Waals surface area contributed by atoms with Crippen LogP contribution in [0.1, 0.15) is 72.9 Å². The Kier molecular flexibility index (Phi) is 7.04.